The molecule has 0 aromatic heterocycles. The Kier molecular flexibility index (Phi) is 6.58. The molecule has 3 aromatic rings. The first-order valence-electron chi connectivity index (χ1n) is 10.6. The van der Waals surface area contributed by atoms with Crippen molar-refractivity contribution in [3.8, 4) is 11.5 Å². The van der Waals surface area contributed by atoms with Crippen molar-refractivity contribution in [2.24, 2.45) is 5.92 Å². The van der Waals surface area contributed by atoms with Gasteiger partial charge in [-0.3, -0.25) is 4.79 Å². The number of nitrogens with zero attached hydrogens (tertiary/aromatic N) is 1. The maximum absolute atomic E-state index is 12.9. The van der Waals surface area contributed by atoms with Crippen molar-refractivity contribution in [1.82, 2.24) is 4.31 Å². The number of ether oxygens (including phenoxy) is 1. The molecule has 1 N–H and O–H groups in total. The molecule has 1 saturated heterocycles. The van der Waals surface area contributed by atoms with Crippen molar-refractivity contribution < 1.29 is 17.9 Å². The number of hydrogen-bond acceptors (Lipinski definition) is 4. The Hall–Kier alpha value is -3.16. The van der Waals surface area contributed by atoms with E-state index in [9.17, 15) is 13.2 Å². The summed E-state index contributed by atoms with van der Waals surface area (Å²) in [5, 5.41) is 2.97. The zero-order chi connectivity index (χ0) is 22.6. The van der Waals surface area contributed by atoms with Crippen LogP contribution in [0, 0.1) is 12.8 Å². The summed E-state index contributed by atoms with van der Waals surface area (Å²) in [6, 6.07) is 23.4. The second-order valence-corrected chi connectivity index (χ2v) is 9.83. The molecule has 3 aromatic carbocycles. The number of benzene rings is 3. The minimum atomic E-state index is -3.53. The van der Waals surface area contributed by atoms with Crippen LogP contribution in [0.25, 0.3) is 0 Å². The minimum Gasteiger partial charge on any atom is -0.455 e. The molecular formula is C25H26N2O4S. The molecule has 0 aliphatic carbocycles. The van der Waals surface area contributed by atoms with Gasteiger partial charge >= 0.3 is 0 Å². The van der Waals surface area contributed by atoms with E-state index in [-0.39, 0.29) is 16.7 Å². The predicted molar refractivity (Wildman–Crippen MR) is 124 cm³/mol. The van der Waals surface area contributed by atoms with Crippen LogP contribution in [0.1, 0.15) is 18.4 Å². The Balaban J connectivity index is 1.40. The first-order chi connectivity index (χ1) is 15.4. The number of hydrogen-bond donors (Lipinski definition) is 1. The molecule has 1 amide bonds. The molecule has 32 heavy (non-hydrogen) atoms. The van der Waals surface area contributed by atoms with Gasteiger partial charge in [0.1, 0.15) is 5.75 Å². The smallest absolute Gasteiger partial charge is 0.243 e. The maximum Gasteiger partial charge on any atom is 0.243 e. The zero-order valence-corrected chi connectivity index (χ0v) is 18.7. The molecular weight excluding hydrogens is 424 g/mol. The first-order valence-corrected chi connectivity index (χ1v) is 12.1. The second kappa shape index (κ2) is 9.54. The van der Waals surface area contributed by atoms with Gasteiger partial charge < -0.3 is 10.1 Å². The number of carbonyl (C=O) groups is 1. The van der Waals surface area contributed by atoms with Gasteiger partial charge in [-0.05, 0) is 61.7 Å². The Labute approximate surface area is 188 Å². The van der Waals surface area contributed by atoms with Crippen LogP contribution in [0.2, 0.25) is 0 Å². The van der Waals surface area contributed by atoms with E-state index in [0.717, 1.165) is 5.56 Å². The quantitative estimate of drug-likeness (QED) is 0.584. The SMILES string of the molecule is Cc1cccc(Oc2ccccc2NC(=O)C2CCN(S(=O)(=O)c3ccccc3)CC2)c1. The van der Waals surface area contributed by atoms with Gasteiger partial charge in [0.05, 0.1) is 10.6 Å². The van der Waals surface area contributed by atoms with Crippen molar-refractivity contribution in [1.29, 1.82) is 0 Å². The van der Waals surface area contributed by atoms with Gasteiger partial charge in [0, 0.05) is 19.0 Å². The molecule has 0 bridgehead atoms. The number of nitrogens with one attached hydrogen (secondary N) is 1. The highest BCUT2D eigenvalue weighted by atomic mass is 32.2. The minimum absolute atomic E-state index is 0.123. The summed E-state index contributed by atoms with van der Waals surface area (Å²) in [5.41, 5.74) is 1.68. The van der Waals surface area contributed by atoms with Crippen molar-refractivity contribution in [3.05, 3.63) is 84.4 Å². The molecule has 0 radical (unpaired) electrons. The second-order valence-electron chi connectivity index (χ2n) is 7.90. The molecule has 166 valence electrons. The fourth-order valence-electron chi connectivity index (χ4n) is 3.80. The number of aryl methyl sites for hydroxylation is 1. The third-order valence-electron chi connectivity index (χ3n) is 5.57. The molecule has 1 heterocycles. The van der Waals surface area contributed by atoms with E-state index >= 15 is 0 Å². The molecule has 0 spiro atoms. The lowest BCUT2D eigenvalue weighted by Gasteiger charge is -2.30. The van der Waals surface area contributed by atoms with Crippen molar-refractivity contribution in [2.45, 2.75) is 24.7 Å². The lowest BCUT2D eigenvalue weighted by atomic mass is 9.97. The summed E-state index contributed by atoms with van der Waals surface area (Å²) < 4.78 is 33.1. The van der Waals surface area contributed by atoms with Crippen LogP contribution in [0.3, 0.4) is 0 Å². The fourth-order valence-corrected chi connectivity index (χ4v) is 5.29. The van der Waals surface area contributed by atoms with Crippen LogP contribution in [-0.2, 0) is 14.8 Å². The van der Waals surface area contributed by atoms with Crippen LogP contribution in [-0.4, -0.2) is 31.7 Å². The van der Waals surface area contributed by atoms with Crippen LogP contribution >= 0.6 is 0 Å². The normalized spacial score (nSPS) is 15.3. The van der Waals surface area contributed by atoms with E-state index in [1.165, 1.54) is 4.31 Å². The number of sulfonamides is 1. The lowest BCUT2D eigenvalue weighted by Crippen LogP contribution is -2.41. The van der Waals surface area contributed by atoms with E-state index in [1.807, 2.05) is 49.4 Å². The van der Waals surface area contributed by atoms with Crippen LogP contribution < -0.4 is 10.1 Å². The molecule has 0 atom stereocenters. The van der Waals surface area contributed by atoms with Crippen molar-refractivity contribution >= 4 is 21.6 Å². The van der Waals surface area contributed by atoms with Gasteiger partial charge in [-0.25, -0.2) is 8.42 Å². The predicted octanol–water partition coefficient (Wildman–Crippen LogP) is 4.83. The number of carbonyl (C=O) groups excluding carboxylic acids is 1. The molecule has 1 aliphatic heterocycles. The molecule has 0 unspecified atom stereocenters. The largest absolute Gasteiger partial charge is 0.455 e. The van der Waals surface area contributed by atoms with E-state index in [2.05, 4.69) is 5.32 Å². The summed E-state index contributed by atoms with van der Waals surface area (Å²) in [6.07, 6.45) is 0.942. The van der Waals surface area contributed by atoms with E-state index in [1.54, 1.807) is 36.4 Å². The van der Waals surface area contributed by atoms with Crippen LogP contribution in [0.5, 0.6) is 11.5 Å². The highest BCUT2D eigenvalue weighted by molar-refractivity contribution is 7.89. The molecule has 7 heteroatoms. The van der Waals surface area contributed by atoms with Gasteiger partial charge in [0.25, 0.3) is 0 Å². The molecule has 6 nitrogen and oxygen atoms in total. The first kappa shape index (κ1) is 22.0. The number of para-hydroxylation sites is 2. The Morgan fingerprint density at radius 2 is 1.62 bits per heavy atom. The van der Waals surface area contributed by atoms with Gasteiger partial charge in [0.2, 0.25) is 15.9 Å². The van der Waals surface area contributed by atoms with Crippen LogP contribution in [0.15, 0.2) is 83.8 Å². The molecule has 1 aliphatic rings. The molecule has 0 saturated carbocycles. The Morgan fingerprint density at radius 3 is 2.34 bits per heavy atom. The zero-order valence-electron chi connectivity index (χ0n) is 17.9. The van der Waals surface area contributed by atoms with Gasteiger partial charge in [-0.2, -0.15) is 4.31 Å². The number of amides is 1. The molecule has 1 fully saturated rings. The van der Waals surface area contributed by atoms with Crippen molar-refractivity contribution in [3.63, 3.8) is 0 Å². The van der Waals surface area contributed by atoms with Crippen LogP contribution in [0.4, 0.5) is 5.69 Å². The third kappa shape index (κ3) is 5.00. The van der Waals surface area contributed by atoms with Gasteiger partial charge in [-0.15, -0.1) is 0 Å². The lowest BCUT2D eigenvalue weighted by molar-refractivity contribution is -0.120. The number of piperidine rings is 1. The Morgan fingerprint density at radius 1 is 0.938 bits per heavy atom. The average molecular weight is 451 g/mol. The summed E-state index contributed by atoms with van der Waals surface area (Å²) in [5.74, 6) is 0.882. The Bertz CT molecular complexity index is 1190. The topological polar surface area (TPSA) is 75.7 Å². The third-order valence-corrected chi connectivity index (χ3v) is 7.48. The summed E-state index contributed by atoms with van der Waals surface area (Å²) in [4.78, 5) is 13.2. The van der Waals surface area contributed by atoms with Gasteiger partial charge in [0.15, 0.2) is 5.75 Å². The highest BCUT2D eigenvalue weighted by Crippen LogP contribution is 2.31. The summed E-state index contributed by atoms with van der Waals surface area (Å²) in [7, 11) is -3.53. The highest BCUT2D eigenvalue weighted by Gasteiger charge is 2.32. The number of anilines is 1. The summed E-state index contributed by atoms with van der Waals surface area (Å²) >= 11 is 0. The van der Waals surface area contributed by atoms with E-state index < -0.39 is 10.0 Å². The van der Waals surface area contributed by atoms with Gasteiger partial charge in [-0.1, -0.05) is 42.5 Å². The fraction of sp³-hybridized carbons (Fsp3) is 0.240. The monoisotopic (exact) mass is 450 g/mol. The van der Waals surface area contributed by atoms with Crippen molar-refractivity contribution in [2.75, 3.05) is 18.4 Å². The summed E-state index contributed by atoms with van der Waals surface area (Å²) in [6.45, 7) is 2.62. The maximum atomic E-state index is 12.9. The standard InChI is InChI=1S/C25H26N2O4S/c1-19-8-7-9-21(18-19)31-24-13-6-5-12-23(24)26-25(28)20-14-16-27(17-15-20)32(29,30)22-10-3-2-4-11-22/h2-13,18,20H,14-17H2,1H3,(H,26,28). The number of rotatable bonds is 6. The van der Waals surface area contributed by atoms with E-state index in [4.69, 9.17) is 4.74 Å². The molecule has 4 rings (SSSR count). The van der Waals surface area contributed by atoms with E-state index in [0.29, 0.717) is 43.1 Å². The average Bonchev–Trinajstić information content (AvgIpc) is 2.81.